The van der Waals surface area contributed by atoms with Gasteiger partial charge in [0.2, 0.25) is 5.91 Å². The monoisotopic (exact) mass is 179 g/mol. The van der Waals surface area contributed by atoms with Crippen molar-refractivity contribution in [2.45, 2.75) is 26.2 Å². The third-order valence-electron chi connectivity index (χ3n) is 3.94. The van der Waals surface area contributed by atoms with Crippen LogP contribution in [0.2, 0.25) is 0 Å². The molecule has 0 aromatic heterocycles. The average Bonchev–Trinajstić information content (AvgIpc) is 2.81. The molecule has 1 amide bonds. The van der Waals surface area contributed by atoms with Gasteiger partial charge in [0.25, 0.3) is 0 Å². The van der Waals surface area contributed by atoms with E-state index in [4.69, 9.17) is 0 Å². The fourth-order valence-corrected chi connectivity index (χ4v) is 2.46. The summed E-state index contributed by atoms with van der Waals surface area (Å²) in [6.45, 7) is 4.33. The van der Waals surface area contributed by atoms with Crippen molar-refractivity contribution in [1.29, 1.82) is 0 Å². The Morgan fingerprint density at radius 2 is 1.85 bits per heavy atom. The van der Waals surface area contributed by atoms with E-state index in [0.29, 0.717) is 17.7 Å². The summed E-state index contributed by atoms with van der Waals surface area (Å²) in [4.78, 5) is 13.8. The van der Waals surface area contributed by atoms with Gasteiger partial charge in [-0.15, -0.1) is 0 Å². The smallest absolute Gasteiger partial charge is 0.225 e. The fraction of sp³-hybridized carbons (Fsp3) is 0.909. The molecular formula is C11H17NO. The summed E-state index contributed by atoms with van der Waals surface area (Å²) in [7, 11) is 0. The Labute approximate surface area is 79.3 Å². The van der Waals surface area contributed by atoms with Crippen LogP contribution in [0.4, 0.5) is 0 Å². The molecule has 3 rings (SSSR count). The summed E-state index contributed by atoms with van der Waals surface area (Å²) < 4.78 is 0. The quantitative estimate of drug-likeness (QED) is 0.629. The molecule has 0 N–H and O–H groups in total. The lowest BCUT2D eigenvalue weighted by molar-refractivity contribution is -0.139. The van der Waals surface area contributed by atoms with Crippen LogP contribution in [0.3, 0.4) is 0 Å². The highest BCUT2D eigenvalue weighted by molar-refractivity contribution is 5.82. The first kappa shape index (κ1) is 7.84. The van der Waals surface area contributed by atoms with Crippen LogP contribution in [0.25, 0.3) is 0 Å². The Bertz CT molecular complexity index is 240. The van der Waals surface area contributed by atoms with E-state index < -0.39 is 0 Å². The van der Waals surface area contributed by atoms with Crippen molar-refractivity contribution in [1.82, 2.24) is 4.90 Å². The minimum atomic E-state index is 0.403. The highest BCUT2D eigenvalue weighted by atomic mass is 16.2. The number of hydrogen-bond acceptors (Lipinski definition) is 1. The number of carbonyl (C=O) groups excluding carboxylic acids is 1. The predicted molar refractivity (Wildman–Crippen MR) is 50.1 cm³/mol. The van der Waals surface area contributed by atoms with Crippen LogP contribution in [0.15, 0.2) is 0 Å². The topological polar surface area (TPSA) is 20.3 Å². The molecule has 2 aliphatic carbocycles. The molecule has 2 nitrogen and oxygen atoms in total. The third kappa shape index (κ3) is 1.27. The highest BCUT2D eigenvalue weighted by Crippen LogP contribution is 2.44. The molecule has 1 heterocycles. The van der Waals surface area contributed by atoms with Gasteiger partial charge in [0.1, 0.15) is 0 Å². The number of likely N-dealkylation sites (tertiary alicyclic amines) is 1. The fourth-order valence-electron chi connectivity index (χ4n) is 2.46. The molecule has 0 unspecified atom stereocenters. The zero-order chi connectivity index (χ0) is 9.00. The van der Waals surface area contributed by atoms with E-state index in [1.807, 2.05) is 0 Å². The maximum atomic E-state index is 11.7. The van der Waals surface area contributed by atoms with Gasteiger partial charge in [0, 0.05) is 19.0 Å². The normalized spacial score (nSPS) is 38.7. The zero-order valence-electron chi connectivity index (χ0n) is 8.20. The van der Waals surface area contributed by atoms with Gasteiger partial charge in [-0.05, 0) is 37.0 Å². The molecule has 2 atom stereocenters. The largest absolute Gasteiger partial charge is 0.342 e. The van der Waals surface area contributed by atoms with E-state index in [2.05, 4.69) is 11.8 Å². The molecule has 2 saturated carbocycles. The second-order valence-corrected chi connectivity index (χ2v) is 5.16. The maximum Gasteiger partial charge on any atom is 0.225 e. The van der Waals surface area contributed by atoms with E-state index in [1.165, 1.54) is 12.8 Å². The van der Waals surface area contributed by atoms with Gasteiger partial charge in [-0.2, -0.15) is 0 Å². The second kappa shape index (κ2) is 2.49. The molecule has 0 radical (unpaired) electrons. The van der Waals surface area contributed by atoms with Gasteiger partial charge in [-0.1, -0.05) is 6.92 Å². The Hall–Kier alpha value is -0.530. The van der Waals surface area contributed by atoms with Crippen LogP contribution < -0.4 is 0 Å². The summed E-state index contributed by atoms with van der Waals surface area (Å²) in [5.41, 5.74) is 0. The molecule has 1 saturated heterocycles. The van der Waals surface area contributed by atoms with Crippen LogP contribution in [0.5, 0.6) is 0 Å². The van der Waals surface area contributed by atoms with Crippen LogP contribution in [-0.4, -0.2) is 23.9 Å². The zero-order valence-corrected chi connectivity index (χ0v) is 8.20. The van der Waals surface area contributed by atoms with Crippen LogP contribution in [-0.2, 0) is 4.79 Å². The molecule has 3 aliphatic rings. The van der Waals surface area contributed by atoms with E-state index in [1.54, 1.807) is 0 Å². The van der Waals surface area contributed by atoms with Crippen molar-refractivity contribution in [3.05, 3.63) is 0 Å². The number of carbonyl (C=O) groups is 1. The predicted octanol–water partition coefficient (Wildman–Crippen LogP) is 1.51. The minimum absolute atomic E-state index is 0.403. The molecule has 0 aromatic carbocycles. The van der Waals surface area contributed by atoms with Crippen molar-refractivity contribution in [2.24, 2.45) is 23.7 Å². The number of hydrogen-bond donors (Lipinski definition) is 0. The van der Waals surface area contributed by atoms with Crippen LogP contribution >= 0.6 is 0 Å². The SMILES string of the molecule is C[C@@H]1C[C@H]1C(=O)N1CC(C2CC2)C1. The van der Waals surface area contributed by atoms with Crippen molar-refractivity contribution >= 4 is 5.91 Å². The second-order valence-electron chi connectivity index (χ2n) is 5.16. The lowest BCUT2D eigenvalue weighted by atomic mass is 9.94. The lowest BCUT2D eigenvalue weighted by Crippen LogP contribution is -2.51. The lowest BCUT2D eigenvalue weighted by Gasteiger charge is -2.40. The Balaban J connectivity index is 1.49. The van der Waals surface area contributed by atoms with Gasteiger partial charge in [-0.3, -0.25) is 4.79 Å². The van der Waals surface area contributed by atoms with E-state index in [0.717, 1.165) is 31.3 Å². The first-order chi connectivity index (χ1) is 6.25. The molecule has 13 heavy (non-hydrogen) atoms. The number of amides is 1. The first-order valence-electron chi connectivity index (χ1n) is 5.54. The summed E-state index contributed by atoms with van der Waals surface area (Å²) >= 11 is 0. The molecule has 2 heteroatoms. The molecule has 1 aliphatic heterocycles. The van der Waals surface area contributed by atoms with Crippen molar-refractivity contribution in [2.75, 3.05) is 13.1 Å². The molecule has 0 spiro atoms. The standard InChI is InChI=1S/C11H17NO/c1-7-4-10(7)11(13)12-5-9(6-12)8-2-3-8/h7-10H,2-6H2,1H3/t7-,10-/m1/s1. The summed E-state index contributed by atoms with van der Waals surface area (Å²) in [6, 6.07) is 0. The first-order valence-corrected chi connectivity index (χ1v) is 5.54. The minimum Gasteiger partial charge on any atom is -0.342 e. The molecule has 0 bridgehead atoms. The third-order valence-corrected chi connectivity index (χ3v) is 3.94. The molecule has 72 valence electrons. The van der Waals surface area contributed by atoms with E-state index >= 15 is 0 Å². The molecule has 3 fully saturated rings. The van der Waals surface area contributed by atoms with Gasteiger partial charge in [0.05, 0.1) is 0 Å². The van der Waals surface area contributed by atoms with Gasteiger partial charge in [-0.25, -0.2) is 0 Å². The summed E-state index contributed by atoms with van der Waals surface area (Å²) in [6.07, 6.45) is 3.99. The Morgan fingerprint density at radius 3 is 2.31 bits per heavy atom. The highest BCUT2D eigenvalue weighted by Gasteiger charge is 2.47. The van der Waals surface area contributed by atoms with Crippen LogP contribution in [0, 0.1) is 23.7 Å². The van der Waals surface area contributed by atoms with Crippen molar-refractivity contribution < 1.29 is 4.79 Å². The van der Waals surface area contributed by atoms with Crippen molar-refractivity contribution in [3.63, 3.8) is 0 Å². The average molecular weight is 179 g/mol. The summed E-state index contributed by atoms with van der Waals surface area (Å²) in [5.74, 6) is 3.38. The van der Waals surface area contributed by atoms with Gasteiger partial charge < -0.3 is 4.90 Å². The number of nitrogens with zero attached hydrogens (tertiary/aromatic N) is 1. The van der Waals surface area contributed by atoms with Crippen molar-refractivity contribution in [3.8, 4) is 0 Å². The van der Waals surface area contributed by atoms with Crippen LogP contribution in [0.1, 0.15) is 26.2 Å². The maximum absolute atomic E-state index is 11.7. The Kier molecular flexibility index (Phi) is 1.50. The van der Waals surface area contributed by atoms with Gasteiger partial charge in [0.15, 0.2) is 0 Å². The van der Waals surface area contributed by atoms with E-state index in [9.17, 15) is 4.79 Å². The molecule has 0 aromatic rings. The Morgan fingerprint density at radius 1 is 1.23 bits per heavy atom. The number of rotatable bonds is 2. The summed E-state index contributed by atoms with van der Waals surface area (Å²) in [5, 5.41) is 0. The van der Waals surface area contributed by atoms with Gasteiger partial charge >= 0.3 is 0 Å². The van der Waals surface area contributed by atoms with E-state index in [-0.39, 0.29) is 0 Å². The molecular weight excluding hydrogens is 162 g/mol.